The number of nitrogens with one attached hydrogen (secondary N) is 1. The van der Waals surface area contributed by atoms with E-state index in [1.165, 1.54) is 6.07 Å². The molecule has 0 aromatic heterocycles. The first-order valence-electron chi connectivity index (χ1n) is 6.34. The van der Waals surface area contributed by atoms with Crippen LogP contribution in [0, 0.1) is 0 Å². The second-order valence-corrected chi connectivity index (χ2v) is 8.38. The van der Waals surface area contributed by atoms with Gasteiger partial charge in [-0.05, 0) is 25.2 Å². The van der Waals surface area contributed by atoms with Gasteiger partial charge in [-0.15, -0.1) is 0 Å². The Morgan fingerprint density at radius 3 is 2.60 bits per heavy atom. The van der Waals surface area contributed by atoms with Crippen molar-refractivity contribution < 1.29 is 8.42 Å². The SMILES string of the molecule is CSC1(CNS(=O)(=O)c2ccccc2C(N)=S)CCC1. The molecule has 20 heavy (non-hydrogen) atoms. The summed E-state index contributed by atoms with van der Waals surface area (Å²) in [6.45, 7) is 0.447. The van der Waals surface area contributed by atoms with Crippen molar-refractivity contribution in [1.29, 1.82) is 0 Å². The molecular weight excluding hydrogens is 312 g/mol. The van der Waals surface area contributed by atoms with Gasteiger partial charge in [0.15, 0.2) is 0 Å². The van der Waals surface area contributed by atoms with E-state index in [-0.39, 0.29) is 14.6 Å². The van der Waals surface area contributed by atoms with Crippen molar-refractivity contribution in [2.75, 3.05) is 12.8 Å². The highest BCUT2D eigenvalue weighted by atomic mass is 32.2. The fourth-order valence-electron chi connectivity index (χ4n) is 2.23. The molecule has 0 amide bonds. The molecule has 1 aromatic rings. The lowest BCUT2D eigenvalue weighted by Crippen LogP contribution is -2.45. The number of thiocarbonyl (C=S) groups is 1. The Labute approximate surface area is 129 Å². The Kier molecular flexibility index (Phi) is 4.73. The molecule has 0 bridgehead atoms. The van der Waals surface area contributed by atoms with Gasteiger partial charge in [0, 0.05) is 16.9 Å². The number of hydrogen-bond acceptors (Lipinski definition) is 4. The number of thioether (sulfide) groups is 1. The van der Waals surface area contributed by atoms with E-state index in [0.717, 1.165) is 19.3 Å². The van der Waals surface area contributed by atoms with Gasteiger partial charge in [0.05, 0.1) is 4.90 Å². The lowest BCUT2D eigenvalue weighted by Gasteiger charge is -2.40. The van der Waals surface area contributed by atoms with Crippen LogP contribution in [0.1, 0.15) is 24.8 Å². The van der Waals surface area contributed by atoms with Gasteiger partial charge in [-0.2, -0.15) is 11.8 Å². The van der Waals surface area contributed by atoms with E-state index < -0.39 is 10.0 Å². The molecule has 1 fully saturated rings. The molecule has 7 heteroatoms. The molecular formula is C13H18N2O2S3. The average molecular weight is 331 g/mol. The van der Waals surface area contributed by atoms with Crippen molar-refractivity contribution in [2.45, 2.75) is 28.9 Å². The van der Waals surface area contributed by atoms with E-state index >= 15 is 0 Å². The summed E-state index contributed by atoms with van der Waals surface area (Å²) in [5.74, 6) is 0. The summed E-state index contributed by atoms with van der Waals surface area (Å²) in [4.78, 5) is 0.247. The monoisotopic (exact) mass is 330 g/mol. The topological polar surface area (TPSA) is 72.2 Å². The molecule has 0 unspecified atom stereocenters. The van der Waals surface area contributed by atoms with Crippen molar-refractivity contribution in [3.05, 3.63) is 29.8 Å². The minimum absolute atomic E-state index is 0.0469. The molecule has 4 nitrogen and oxygen atoms in total. The quantitative estimate of drug-likeness (QED) is 0.779. The fraction of sp³-hybridized carbons (Fsp3) is 0.462. The third-order valence-electron chi connectivity index (χ3n) is 3.72. The third-order valence-corrected chi connectivity index (χ3v) is 6.82. The summed E-state index contributed by atoms with van der Waals surface area (Å²) in [6, 6.07) is 6.56. The van der Waals surface area contributed by atoms with Crippen LogP contribution in [-0.4, -0.2) is 31.0 Å². The van der Waals surface area contributed by atoms with Crippen LogP contribution in [0.25, 0.3) is 0 Å². The summed E-state index contributed by atoms with van der Waals surface area (Å²) in [5.41, 5.74) is 5.98. The number of rotatable bonds is 6. The number of benzene rings is 1. The van der Waals surface area contributed by atoms with Gasteiger partial charge in [-0.25, -0.2) is 13.1 Å². The van der Waals surface area contributed by atoms with E-state index in [0.29, 0.717) is 12.1 Å². The highest BCUT2D eigenvalue weighted by molar-refractivity contribution is 8.00. The lowest BCUT2D eigenvalue weighted by atomic mass is 9.84. The molecule has 2 rings (SSSR count). The highest BCUT2D eigenvalue weighted by Gasteiger charge is 2.37. The second-order valence-electron chi connectivity index (χ2n) is 4.93. The molecule has 0 radical (unpaired) electrons. The van der Waals surface area contributed by atoms with E-state index in [4.69, 9.17) is 18.0 Å². The van der Waals surface area contributed by atoms with Gasteiger partial charge in [-0.3, -0.25) is 0 Å². The van der Waals surface area contributed by atoms with Crippen LogP contribution in [-0.2, 0) is 10.0 Å². The molecule has 0 heterocycles. The normalized spacial score (nSPS) is 17.4. The second kappa shape index (κ2) is 6.01. The zero-order valence-electron chi connectivity index (χ0n) is 11.3. The Morgan fingerprint density at radius 1 is 1.45 bits per heavy atom. The van der Waals surface area contributed by atoms with E-state index in [1.807, 2.05) is 6.26 Å². The summed E-state index contributed by atoms with van der Waals surface area (Å²) in [6.07, 6.45) is 5.28. The maximum atomic E-state index is 12.4. The van der Waals surface area contributed by atoms with Crippen LogP contribution in [0.3, 0.4) is 0 Å². The molecule has 1 saturated carbocycles. The van der Waals surface area contributed by atoms with Crippen molar-refractivity contribution in [1.82, 2.24) is 4.72 Å². The third kappa shape index (κ3) is 3.16. The smallest absolute Gasteiger partial charge is 0.241 e. The standard InChI is InChI=1S/C13H18N2O2S3/c1-19-13(7-4-8-13)9-15-20(16,17)11-6-3-2-5-10(11)12(14)18/h2-3,5-6,15H,4,7-9H2,1H3,(H2,14,18). The fourth-order valence-corrected chi connectivity index (χ4v) is 4.83. The zero-order chi connectivity index (χ0) is 14.8. The zero-order valence-corrected chi connectivity index (χ0v) is 13.7. The first-order chi connectivity index (χ1) is 9.40. The van der Waals surface area contributed by atoms with Crippen molar-refractivity contribution in [3.8, 4) is 0 Å². The minimum Gasteiger partial charge on any atom is -0.389 e. The maximum absolute atomic E-state index is 12.4. The first-order valence-corrected chi connectivity index (χ1v) is 9.45. The van der Waals surface area contributed by atoms with Crippen LogP contribution >= 0.6 is 24.0 Å². The molecule has 1 aromatic carbocycles. The Hall–Kier alpha value is -0.630. The Bertz CT molecular complexity index is 604. The van der Waals surface area contributed by atoms with Gasteiger partial charge < -0.3 is 5.73 Å². The highest BCUT2D eigenvalue weighted by Crippen LogP contribution is 2.42. The summed E-state index contributed by atoms with van der Waals surface area (Å²) in [5, 5.41) is 0. The molecule has 3 N–H and O–H groups in total. The number of hydrogen-bond donors (Lipinski definition) is 2. The van der Waals surface area contributed by atoms with Gasteiger partial charge in [0.25, 0.3) is 0 Å². The van der Waals surface area contributed by atoms with Gasteiger partial charge in [0.2, 0.25) is 10.0 Å². The van der Waals surface area contributed by atoms with Crippen LogP contribution in [0.5, 0.6) is 0 Å². The number of nitrogens with two attached hydrogens (primary N) is 1. The number of sulfonamides is 1. The average Bonchev–Trinajstić information content (AvgIpc) is 2.38. The van der Waals surface area contributed by atoms with Crippen molar-refractivity contribution >= 4 is 39.0 Å². The van der Waals surface area contributed by atoms with Crippen molar-refractivity contribution in [3.63, 3.8) is 0 Å². The van der Waals surface area contributed by atoms with Crippen LogP contribution in [0.4, 0.5) is 0 Å². The Morgan fingerprint density at radius 2 is 2.10 bits per heavy atom. The molecule has 0 spiro atoms. The molecule has 0 saturated heterocycles. The van der Waals surface area contributed by atoms with Crippen LogP contribution in [0.2, 0.25) is 0 Å². The summed E-state index contributed by atoms with van der Waals surface area (Å²) in [7, 11) is -3.59. The Balaban J connectivity index is 2.21. The van der Waals surface area contributed by atoms with Crippen molar-refractivity contribution in [2.24, 2.45) is 5.73 Å². The molecule has 0 aliphatic heterocycles. The summed E-state index contributed by atoms with van der Waals surface area (Å²) >= 11 is 6.64. The van der Waals surface area contributed by atoms with Gasteiger partial charge in [-0.1, -0.05) is 36.8 Å². The molecule has 1 aliphatic carbocycles. The predicted molar refractivity (Wildman–Crippen MR) is 87.6 cm³/mol. The van der Waals surface area contributed by atoms with Gasteiger partial charge >= 0.3 is 0 Å². The van der Waals surface area contributed by atoms with Crippen LogP contribution < -0.4 is 10.5 Å². The van der Waals surface area contributed by atoms with E-state index in [9.17, 15) is 8.42 Å². The summed E-state index contributed by atoms with van der Waals surface area (Å²) < 4.78 is 27.6. The molecule has 1 aliphatic rings. The maximum Gasteiger partial charge on any atom is 0.241 e. The first kappa shape index (κ1) is 15.8. The van der Waals surface area contributed by atoms with Crippen LogP contribution in [0.15, 0.2) is 29.2 Å². The van der Waals surface area contributed by atoms with E-state index in [1.54, 1.807) is 30.0 Å². The molecule has 110 valence electrons. The predicted octanol–water partition coefficient (Wildman–Crippen LogP) is 1.88. The largest absolute Gasteiger partial charge is 0.389 e. The van der Waals surface area contributed by atoms with E-state index in [2.05, 4.69) is 4.72 Å². The minimum atomic E-state index is -3.59. The lowest BCUT2D eigenvalue weighted by molar-refractivity contribution is 0.362. The molecule has 0 atom stereocenters. The van der Waals surface area contributed by atoms with Gasteiger partial charge in [0.1, 0.15) is 4.99 Å².